The number of ketones is 1. The van der Waals surface area contributed by atoms with E-state index in [1.54, 1.807) is 6.92 Å². The molecule has 2 atom stereocenters. The third-order valence-electron chi connectivity index (χ3n) is 6.32. The average molecular weight is 567 g/mol. The first kappa shape index (κ1) is 37.1. The van der Waals surface area contributed by atoms with Gasteiger partial charge in [0.15, 0.2) is 0 Å². The van der Waals surface area contributed by atoms with Gasteiger partial charge in [0.05, 0.1) is 19.8 Å². The van der Waals surface area contributed by atoms with E-state index in [2.05, 4.69) is 6.92 Å². The fourth-order valence-electron chi connectivity index (χ4n) is 4.00. The number of ether oxygens (including phenoxy) is 2. The predicted molar refractivity (Wildman–Crippen MR) is 159 cm³/mol. The fraction of sp³-hybridized carbons (Fsp3) is 0.966. The van der Waals surface area contributed by atoms with Crippen LogP contribution in [-0.2, 0) is 39.6 Å². The van der Waals surface area contributed by atoms with Crippen molar-refractivity contribution in [3.63, 3.8) is 0 Å². The first-order valence-corrected chi connectivity index (χ1v) is 17.7. The van der Waals surface area contributed by atoms with Crippen molar-refractivity contribution in [3.05, 3.63) is 0 Å². The van der Waals surface area contributed by atoms with Gasteiger partial charge < -0.3 is 27.8 Å². The van der Waals surface area contributed by atoms with E-state index in [4.69, 9.17) is 34.9 Å². The van der Waals surface area contributed by atoms with E-state index in [0.717, 1.165) is 32.3 Å². The zero-order valence-corrected chi connectivity index (χ0v) is 26.4. The van der Waals surface area contributed by atoms with Crippen LogP contribution in [-0.4, -0.2) is 52.0 Å². The van der Waals surface area contributed by atoms with E-state index < -0.39 is 6.72 Å². The molecule has 222 valence electrons. The molecule has 0 radical (unpaired) electrons. The van der Waals surface area contributed by atoms with Gasteiger partial charge in [-0.15, -0.1) is 0 Å². The summed E-state index contributed by atoms with van der Waals surface area (Å²) in [6.07, 6.45) is 21.7. The van der Waals surface area contributed by atoms with Crippen LogP contribution >= 0.6 is 6.72 Å². The van der Waals surface area contributed by atoms with Crippen LogP contribution in [0.4, 0.5) is 0 Å². The zero-order valence-electron chi connectivity index (χ0n) is 24.6. The molecule has 0 rings (SSSR count). The molecule has 0 aliphatic carbocycles. The van der Waals surface area contributed by atoms with Gasteiger partial charge in [-0.2, -0.15) is 0 Å². The number of unbranched alkanes of at least 4 members (excludes halogenated alkanes) is 14. The highest BCUT2D eigenvalue weighted by Gasteiger charge is 2.22. The summed E-state index contributed by atoms with van der Waals surface area (Å²) in [5.74, 6) is 0.213. The molecule has 0 aromatic carbocycles. The van der Waals surface area contributed by atoms with Gasteiger partial charge in [-0.05, 0) is 44.4 Å². The molecule has 0 spiro atoms. The van der Waals surface area contributed by atoms with Crippen molar-refractivity contribution in [2.75, 3.05) is 40.1 Å². The number of hydrogen-bond acceptors (Lipinski definition) is 7. The molecule has 0 aliphatic heterocycles. The van der Waals surface area contributed by atoms with E-state index in [-0.39, 0.29) is 18.5 Å². The zero-order chi connectivity index (χ0) is 27.5. The number of hydrogen-bond donors (Lipinski definition) is 0. The third kappa shape index (κ3) is 26.1. The first-order chi connectivity index (χ1) is 18.0. The topological polar surface area (TPSA) is 63.2 Å². The van der Waals surface area contributed by atoms with E-state index in [1.165, 1.54) is 90.6 Å². The normalized spacial score (nSPS) is 14.1. The summed E-state index contributed by atoms with van der Waals surface area (Å²) in [4.78, 5) is 11.1. The number of carbonyl (C=O) groups excluding carboxylic acids is 1. The molecule has 0 heterocycles. The number of Topliss-reactive ketones (excluding diaryl/α,β-unsaturated/α-hetero) is 1. The summed E-state index contributed by atoms with van der Waals surface area (Å²) in [6, 6.07) is 0. The second-order valence-corrected chi connectivity index (χ2v) is 13.2. The first-order valence-electron chi connectivity index (χ1n) is 15.1. The molecule has 0 N–H and O–H groups in total. The number of rotatable bonds is 30. The smallest absolute Gasteiger partial charge is 0.326 e. The molecule has 0 aromatic rings. The van der Waals surface area contributed by atoms with Crippen LogP contribution in [0.15, 0.2) is 0 Å². The molecule has 6 nitrogen and oxygen atoms in total. The minimum Gasteiger partial charge on any atom is -0.379 e. The lowest BCUT2D eigenvalue weighted by molar-refractivity contribution is -0.117. The van der Waals surface area contributed by atoms with Crippen molar-refractivity contribution in [3.8, 4) is 0 Å². The molecule has 37 heavy (non-hydrogen) atoms. The van der Waals surface area contributed by atoms with Crippen molar-refractivity contribution >= 4 is 24.3 Å². The highest BCUT2D eigenvalue weighted by Crippen LogP contribution is 2.49. The standard InChI is InChI=1S/C29H59O6PS/c1-5-7-8-9-10-11-12-13-14-15-16-17-18-20-24-32-26-29(33-25-21-19-22-28(3)30)27-35-36(37,31-4)34-23-6-2/h29H,5-27H2,1-4H3. The van der Waals surface area contributed by atoms with Crippen molar-refractivity contribution in [1.82, 2.24) is 0 Å². The summed E-state index contributed by atoms with van der Waals surface area (Å²) >= 11 is 5.43. The Bertz CT molecular complexity index is 548. The lowest BCUT2D eigenvalue weighted by Gasteiger charge is -2.23. The maximum Gasteiger partial charge on any atom is 0.326 e. The molecule has 8 heteroatoms. The maximum atomic E-state index is 11.1. The van der Waals surface area contributed by atoms with Crippen molar-refractivity contribution < 1.29 is 27.8 Å². The van der Waals surface area contributed by atoms with Gasteiger partial charge >= 0.3 is 6.72 Å². The summed E-state index contributed by atoms with van der Waals surface area (Å²) in [5.41, 5.74) is 0. The molecule has 0 fully saturated rings. The van der Waals surface area contributed by atoms with Gasteiger partial charge in [0.25, 0.3) is 0 Å². The molecule has 2 unspecified atom stereocenters. The molecule has 0 saturated heterocycles. The van der Waals surface area contributed by atoms with Crippen LogP contribution in [0.1, 0.15) is 136 Å². The summed E-state index contributed by atoms with van der Waals surface area (Å²) in [5, 5.41) is 0. The average Bonchev–Trinajstić information content (AvgIpc) is 2.89. The Balaban J connectivity index is 3.95. The van der Waals surface area contributed by atoms with Crippen LogP contribution in [0.3, 0.4) is 0 Å². The van der Waals surface area contributed by atoms with Gasteiger partial charge in [0.1, 0.15) is 11.9 Å². The Morgan fingerprint density at radius 1 is 0.676 bits per heavy atom. The highest BCUT2D eigenvalue weighted by atomic mass is 32.5. The molecular weight excluding hydrogens is 507 g/mol. The predicted octanol–water partition coefficient (Wildman–Crippen LogP) is 8.94. The molecule has 0 aliphatic rings. The Morgan fingerprint density at radius 2 is 1.22 bits per heavy atom. The second kappa shape index (κ2) is 27.7. The summed E-state index contributed by atoms with van der Waals surface area (Å²) in [6.45, 7) is 5.71. The van der Waals surface area contributed by atoms with Crippen LogP contribution in [0.25, 0.3) is 0 Å². The van der Waals surface area contributed by atoms with Crippen LogP contribution < -0.4 is 0 Å². The Kier molecular flexibility index (Phi) is 27.8. The maximum absolute atomic E-state index is 11.1. The lowest BCUT2D eigenvalue weighted by Crippen LogP contribution is -2.26. The molecule has 0 amide bonds. The summed E-state index contributed by atoms with van der Waals surface area (Å²) in [7, 11) is 1.53. The van der Waals surface area contributed by atoms with E-state index in [0.29, 0.717) is 26.2 Å². The van der Waals surface area contributed by atoms with Crippen LogP contribution in [0.2, 0.25) is 0 Å². The Labute approximate surface area is 234 Å². The van der Waals surface area contributed by atoms with Gasteiger partial charge in [-0.1, -0.05) is 97.3 Å². The molecule has 0 aromatic heterocycles. The second-order valence-electron chi connectivity index (χ2n) is 10.1. The van der Waals surface area contributed by atoms with Gasteiger partial charge in [-0.25, -0.2) is 0 Å². The monoisotopic (exact) mass is 566 g/mol. The quantitative estimate of drug-likeness (QED) is 0.0635. The van der Waals surface area contributed by atoms with Crippen LogP contribution in [0, 0.1) is 0 Å². The van der Waals surface area contributed by atoms with Gasteiger partial charge in [0.2, 0.25) is 0 Å². The summed E-state index contributed by atoms with van der Waals surface area (Å²) < 4.78 is 28.7. The minimum absolute atomic E-state index is 0.213. The number of carbonyl (C=O) groups is 1. The minimum atomic E-state index is -2.75. The van der Waals surface area contributed by atoms with E-state index in [1.807, 2.05) is 6.92 Å². The Morgan fingerprint density at radius 3 is 1.73 bits per heavy atom. The van der Waals surface area contributed by atoms with Gasteiger partial charge in [0, 0.05) is 26.7 Å². The van der Waals surface area contributed by atoms with Gasteiger partial charge in [-0.3, -0.25) is 0 Å². The van der Waals surface area contributed by atoms with E-state index in [9.17, 15) is 4.79 Å². The van der Waals surface area contributed by atoms with E-state index >= 15 is 0 Å². The lowest BCUT2D eigenvalue weighted by atomic mass is 10.0. The van der Waals surface area contributed by atoms with Crippen molar-refractivity contribution in [1.29, 1.82) is 0 Å². The third-order valence-corrected chi connectivity index (χ3v) is 8.81. The van der Waals surface area contributed by atoms with Crippen molar-refractivity contribution in [2.45, 2.75) is 142 Å². The largest absolute Gasteiger partial charge is 0.379 e. The van der Waals surface area contributed by atoms with Crippen molar-refractivity contribution in [2.24, 2.45) is 0 Å². The SMILES string of the molecule is CCCCCCCCCCCCCCCCOCC(COP(=S)(OC)OCCC)OCCCCC(C)=O. The Hall–Kier alpha value is 0.120. The molecule has 0 bridgehead atoms. The molecule has 0 saturated carbocycles. The highest BCUT2D eigenvalue weighted by molar-refractivity contribution is 8.07. The molecular formula is C29H59O6PS. The fourth-order valence-corrected chi connectivity index (χ4v) is 5.45. The van der Waals surface area contributed by atoms with Crippen LogP contribution in [0.5, 0.6) is 0 Å².